The molecule has 0 saturated carbocycles. The van der Waals surface area contributed by atoms with Gasteiger partial charge in [-0.05, 0) is 19.4 Å². The molecule has 0 aliphatic carbocycles. The molecule has 0 aromatic heterocycles. The normalized spacial score (nSPS) is 10.6. The van der Waals surface area contributed by atoms with Crippen LogP contribution in [0.5, 0.6) is 11.5 Å². The first-order chi connectivity index (χ1) is 9.83. The lowest BCUT2D eigenvalue weighted by Crippen LogP contribution is -2.03. The third-order valence-electron chi connectivity index (χ3n) is 3.25. The Bertz CT molecular complexity index is 366. The third-order valence-corrected chi connectivity index (χ3v) is 3.85. The Morgan fingerprint density at radius 2 is 1.70 bits per heavy atom. The molecule has 1 rings (SSSR count). The fourth-order valence-electron chi connectivity index (χ4n) is 2.16. The smallest absolute Gasteiger partial charge is 0.165 e. The summed E-state index contributed by atoms with van der Waals surface area (Å²) >= 11 is 3.51. The Kier molecular flexibility index (Phi) is 9.56. The highest BCUT2D eigenvalue weighted by atomic mass is 79.9. The number of alkyl halides is 1. The molecule has 2 nitrogen and oxygen atoms in total. The van der Waals surface area contributed by atoms with Gasteiger partial charge in [0.05, 0.1) is 13.2 Å². The highest BCUT2D eigenvalue weighted by molar-refractivity contribution is 9.08. The Balaban J connectivity index is 2.41. The monoisotopic (exact) mass is 342 g/mol. The van der Waals surface area contributed by atoms with Crippen LogP contribution in [0.1, 0.15) is 57.9 Å². The summed E-state index contributed by atoms with van der Waals surface area (Å²) in [5.41, 5.74) is 1.15. The lowest BCUT2D eigenvalue weighted by Gasteiger charge is -2.15. The van der Waals surface area contributed by atoms with Gasteiger partial charge >= 0.3 is 0 Å². The molecule has 0 spiro atoms. The molecule has 0 amide bonds. The highest BCUT2D eigenvalue weighted by Crippen LogP contribution is 2.32. The Morgan fingerprint density at radius 3 is 2.40 bits per heavy atom. The van der Waals surface area contributed by atoms with E-state index in [2.05, 4.69) is 28.9 Å². The van der Waals surface area contributed by atoms with Crippen LogP contribution in [0.2, 0.25) is 0 Å². The van der Waals surface area contributed by atoms with E-state index in [1.165, 1.54) is 32.1 Å². The van der Waals surface area contributed by atoms with E-state index in [0.717, 1.165) is 35.4 Å². The maximum absolute atomic E-state index is 5.96. The van der Waals surface area contributed by atoms with Gasteiger partial charge in [-0.3, -0.25) is 0 Å². The van der Waals surface area contributed by atoms with Gasteiger partial charge in [-0.1, -0.05) is 67.1 Å². The third kappa shape index (κ3) is 6.17. The van der Waals surface area contributed by atoms with E-state index >= 15 is 0 Å². The average molecular weight is 343 g/mol. The summed E-state index contributed by atoms with van der Waals surface area (Å²) in [4.78, 5) is 0. The minimum atomic E-state index is 0.666. The SMILES string of the molecule is CCCCCCCCOc1c(CBr)cccc1OCC. The van der Waals surface area contributed by atoms with Crippen molar-refractivity contribution in [1.29, 1.82) is 0 Å². The molecule has 20 heavy (non-hydrogen) atoms. The van der Waals surface area contributed by atoms with Crippen LogP contribution in [0.4, 0.5) is 0 Å². The summed E-state index contributed by atoms with van der Waals surface area (Å²) in [5, 5.41) is 0.791. The van der Waals surface area contributed by atoms with E-state index in [4.69, 9.17) is 9.47 Å². The van der Waals surface area contributed by atoms with Crippen molar-refractivity contribution in [2.45, 2.75) is 57.7 Å². The second-order valence-electron chi connectivity index (χ2n) is 4.93. The maximum Gasteiger partial charge on any atom is 0.165 e. The number of ether oxygens (including phenoxy) is 2. The van der Waals surface area contributed by atoms with Crippen molar-refractivity contribution in [1.82, 2.24) is 0 Å². The number of hydrogen-bond donors (Lipinski definition) is 0. The number of rotatable bonds is 11. The second kappa shape index (κ2) is 11.0. The van der Waals surface area contributed by atoms with Crippen LogP contribution in [0, 0.1) is 0 Å². The molecule has 0 radical (unpaired) electrons. The average Bonchev–Trinajstić information content (AvgIpc) is 2.47. The van der Waals surface area contributed by atoms with Crippen molar-refractivity contribution in [3.8, 4) is 11.5 Å². The van der Waals surface area contributed by atoms with Crippen LogP contribution in [0.25, 0.3) is 0 Å². The van der Waals surface area contributed by atoms with Crippen LogP contribution in [0.15, 0.2) is 18.2 Å². The fourth-order valence-corrected chi connectivity index (χ4v) is 2.60. The zero-order valence-electron chi connectivity index (χ0n) is 12.8. The molecule has 114 valence electrons. The van der Waals surface area contributed by atoms with Crippen molar-refractivity contribution in [2.75, 3.05) is 13.2 Å². The number of benzene rings is 1. The minimum Gasteiger partial charge on any atom is -0.490 e. The number of hydrogen-bond acceptors (Lipinski definition) is 2. The summed E-state index contributed by atoms with van der Waals surface area (Å²) < 4.78 is 11.6. The quantitative estimate of drug-likeness (QED) is 0.378. The summed E-state index contributed by atoms with van der Waals surface area (Å²) in [6.07, 6.45) is 7.68. The molecule has 0 unspecified atom stereocenters. The van der Waals surface area contributed by atoms with Gasteiger partial charge in [0.25, 0.3) is 0 Å². The van der Waals surface area contributed by atoms with Crippen LogP contribution < -0.4 is 9.47 Å². The predicted molar refractivity (Wildman–Crippen MR) is 89.1 cm³/mol. The van der Waals surface area contributed by atoms with Crippen molar-refractivity contribution < 1.29 is 9.47 Å². The summed E-state index contributed by atoms with van der Waals surface area (Å²) in [7, 11) is 0. The van der Waals surface area contributed by atoms with E-state index in [9.17, 15) is 0 Å². The van der Waals surface area contributed by atoms with E-state index in [0.29, 0.717) is 6.61 Å². The first kappa shape index (κ1) is 17.4. The molecule has 0 N–H and O–H groups in total. The lowest BCUT2D eigenvalue weighted by atomic mass is 10.1. The molecule has 0 atom stereocenters. The Hall–Kier alpha value is -0.700. The van der Waals surface area contributed by atoms with E-state index in [1.807, 2.05) is 19.1 Å². The van der Waals surface area contributed by atoms with Gasteiger partial charge in [0.1, 0.15) is 0 Å². The van der Waals surface area contributed by atoms with E-state index in [-0.39, 0.29) is 0 Å². The molecule has 0 aliphatic rings. The Labute approximate surface area is 132 Å². The van der Waals surface area contributed by atoms with Gasteiger partial charge in [0.2, 0.25) is 0 Å². The zero-order chi connectivity index (χ0) is 14.6. The first-order valence-corrected chi connectivity index (χ1v) is 8.89. The van der Waals surface area contributed by atoms with Crippen LogP contribution in [-0.4, -0.2) is 13.2 Å². The molecule has 0 bridgehead atoms. The van der Waals surface area contributed by atoms with Crippen molar-refractivity contribution in [2.24, 2.45) is 0 Å². The Morgan fingerprint density at radius 1 is 0.950 bits per heavy atom. The standard InChI is InChI=1S/C17H27BrO2/c1-3-5-6-7-8-9-13-20-17-15(14-18)11-10-12-16(17)19-4-2/h10-12H,3-9,13-14H2,1-2H3. The number of para-hydroxylation sites is 1. The highest BCUT2D eigenvalue weighted by Gasteiger charge is 2.09. The molecular formula is C17H27BrO2. The number of halogens is 1. The molecule has 3 heteroatoms. The van der Waals surface area contributed by atoms with Gasteiger partial charge < -0.3 is 9.47 Å². The van der Waals surface area contributed by atoms with Crippen LogP contribution in [-0.2, 0) is 5.33 Å². The maximum atomic E-state index is 5.96. The molecule has 0 fully saturated rings. The van der Waals surface area contributed by atoms with Gasteiger partial charge in [-0.2, -0.15) is 0 Å². The topological polar surface area (TPSA) is 18.5 Å². The van der Waals surface area contributed by atoms with E-state index < -0.39 is 0 Å². The first-order valence-electron chi connectivity index (χ1n) is 7.76. The molecule has 1 aromatic carbocycles. The van der Waals surface area contributed by atoms with E-state index in [1.54, 1.807) is 0 Å². The molecule has 0 aliphatic heterocycles. The molecule has 1 aromatic rings. The van der Waals surface area contributed by atoms with Gasteiger partial charge in [0.15, 0.2) is 11.5 Å². The van der Waals surface area contributed by atoms with Crippen LogP contribution in [0.3, 0.4) is 0 Å². The minimum absolute atomic E-state index is 0.666. The summed E-state index contributed by atoms with van der Waals surface area (Å²) in [6.45, 7) is 5.68. The van der Waals surface area contributed by atoms with Gasteiger partial charge in [0, 0.05) is 10.9 Å². The number of unbranched alkanes of at least 4 members (excludes halogenated alkanes) is 5. The predicted octanol–water partition coefficient (Wildman–Crippen LogP) is 5.72. The summed E-state index contributed by atoms with van der Waals surface area (Å²) in [5.74, 6) is 1.76. The molecular weight excluding hydrogens is 316 g/mol. The van der Waals surface area contributed by atoms with Gasteiger partial charge in [-0.25, -0.2) is 0 Å². The van der Waals surface area contributed by atoms with Crippen molar-refractivity contribution in [3.05, 3.63) is 23.8 Å². The molecule has 0 heterocycles. The second-order valence-corrected chi connectivity index (χ2v) is 5.49. The van der Waals surface area contributed by atoms with Crippen molar-refractivity contribution in [3.63, 3.8) is 0 Å². The summed E-state index contributed by atoms with van der Waals surface area (Å²) in [6, 6.07) is 6.07. The van der Waals surface area contributed by atoms with Crippen LogP contribution >= 0.6 is 15.9 Å². The molecule has 0 saturated heterocycles. The zero-order valence-corrected chi connectivity index (χ0v) is 14.4. The van der Waals surface area contributed by atoms with Gasteiger partial charge in [-0.15, -0.1) is 0 Å². The fraction of sp³-hybridized carbons (Fsp3) is 0.647. The van der Waals surface area contributed by atoms with Crippen molar-refractivity contribution >= 4 is 15.9 Å². The largest absolute Gasteiger partial charge is 0.490 e. The lowest BCUT2D eigenvalue weighted by molar-refractivity contribution is 0.268.